The van der Waals surface area contributed by atoms with Gasteiger partial charge in [-0.25, -0.2) is 13.4 Å². The lowest BCUT2D eigenvalue weighted by Crippen LogP contribution is -2.18. The molecule has 0 saturated carbocycles. The van der Waals surface area contributed by atoms with E-state index in [1.54, 1.807) is 36.5 Å². The second-order valence-corrected chi connectivity index (χ2v) is 8.17. The first kappa shape index (κ1) is 18.9. The van der Waals surface area contributed by atoms with Crippen LogP contribution in [0.2, 0.25) is 0 Å². The standard InChI is InChI=1S/C19H22N4O3S/c1-27(25,26)22-16-7-4-15(5-8-16)6-11-19(24)21-17-9-10-18(20-14-17)23-12-2-3-13-23/h4-11,14,22H,2-3,12-13H2,1H3,(H,21,24)/b11-6+. The third-order valence-electron chi connectivity index (χ3n) is 4.09. The summed E-state index contributed by atoms with van der Waals surface area (Å²) in [4.78, 5) is 18.7. The van der Waals surface area contributed by atoms with Crippen LogP contribution in [0, 0.1) is 0 Å². The average Bonchev–Trinajstić information content (AvgIpc) is 3.15. The van der Waals surface area contributed by atoms with Gasteiger partial charge >= 0.3 is 0 Å². The molecule has 1 aliphatic rings. The second-order valence-electron chi connectivity index (χ2n) is 6.42. The van der Waals surface area contributed by atoms with Gasteiger partial charge in [0.1, 0.15) is 5.82 Å². The van der Waals surface area contributed by atoms with Crippen LogP contribution in [0.4, 0.5) is 17.2 Å². The molecule has 7 nitrogen and oxygen atoms in total. The molecule has 1 fully saturated rings. The molecule has 1 aromatic carbocycles. The number of aromatic nitrogens is 1. The third-order valence-corrected chi connectivity index (χ3v) is 4.69. The smallest absolute Gasteiger partial charge is 0.248 e. The van der Waals surface area contributed by atoms with Crippen LogP contribution in [-0.4, -0.2) is 38.7 Å². The Labute approximate surface area is 159 Å². The van der Waals surface area contributed by atoms with Gasteiger partial charge in [0.05, 0.1) is 18.1 Å². The number of nitrogens with one attached hydrogen (secondary N) is 2. The maximum atomic E-state index is 12.1. The fourth-order valence-corrected chi connectivity index (χ4v) is 3.39. The highest BCUT2D eigenvalue weighted by atomic mass is 32.2. The number of rotatable bonds is 6. The molecule has 0 spiro atoms. The number of carbonyl (C=O) groups is 1. The van der Waals surface area contributed by atoms with Crippen LogP contribution in [0.5, 0.6) is 0 Å². The Morgan fingerprint density at radius 3 is 2.33 bits per heavy atom. The Morgan fingerprint density at radius 1 is 1.07 bits per heavy atom. The maximum absolute atomic E-state index is 12.1. The molecule has 2 heterocycles. The highest BCUT2D eigenvalue weighted by Crippen LogP contribution is 2.19. The van der Waals surface area contributed by atoms with Crippen LogP contribution >= 0.6 is 0 Å². The van der Waals surface area contributed by atoms with E-state index in [2.05, 4.69) is 19.9 Å². The largest absolute Gasteiger partial charge is 0.357 e. The quantitative estimate of drug-likeness (QED) is 0.745. The van der Waals surface area contributed by atoms with Gasteiger partial charge in [-0.05, 0) is 48.7 Å². The molecule has 27 heavy (non-hydrogen) atoms. The minimum absolute atomic E-state index is 0.260. The fourth-order valence-electron chi connectivity index (χ4n) is 2.83. The van der Waals surface area contributed by atoms with E-state index in [4.69, 9.17) is 0 Å². The van der Waals surface area contributed by atoms with E-state index < -0.39 is 10.0 Å². The molecule has 0 atom stereocenters. The van der Waals surface area contributed by atoms with Crippen molar-refractivity contribution in [1.29, 1.82) is 0 Å². The molecule has 142 valence electrons. The number of amides is 1. The van der Waals surface area contributed by atoms with E-state index in [0.717, 1.165) is 30.7 Å². The predicted octanol–water partition coefficient (Wildman–Crippen LogP) is 2.71. The molecule has 2 N–H and O–H groups in total. The topological polar surface area (TPSA) is 91.4 Å². The molecule has 0 radical (unpaired) electrons. The van der Waals surface area contributed by atoms with Crippen LogP contribution in [0.25, 0.3) is 6.08 Å². The first-order chi connectivity index (χ1) is 12.9. The summed E-state index contributed by atoms with van der Waals surface area (Å²) >= 11 is 0. The van der Waals surface area contributed by atoms with E-state index in [-0.39, 0.29) is 5.91 Å². The predicted molar refractivity (Wildman–Crippen MR) is 108 cm³/mol. The lowest BCUT2D eigenvalue weighted by atomic mass is 10.2. The number of anilines is 3. The molecule has 1 saturated heterocycles. The number of benzene rings is 1. The maximum Gasteiger partial charge on any atom is 0.248 e. The molecule has 3 rings (SSSR count). The van der Waals surface area contributed by atoms with E-state index in [0.29, 0.717) is 11.4 Å². The molecule has 0 unspecified atom stereocenters. The highest BCUT2D eigenvalue weighted by Gasteiger charge is 2.13. The number of carbonyl (C=O) groups excluding carboxylic acids is 1. The molecular weight excluding hydrogens is 364 g/mol. The second kappa shape index (κ2) is 8.22. The number of hydrogen-bond donors (Lipinski definition) is 2. The zero-order valence-electron chi connectivity index (χ0n) is 15.1. The van der Waals surface area contributed by atoms with Crippen molar-refractivity contribution in [3.63, 3.8) is 0 Å². The summed E-state index contributed by atoms with van der Waals surface area (Å²) in [6.07, 6.45) is 8.22. The molecule has 1 aromatic heterocycles. The SMILES string of the molecule is CS(=O)(=O)Nc1ccc(/C=C/C(=O)Nc2ccc(N3CCCC3)nc2)cc1. The van der Waals surface area contributed by atoms with Crippen LogP contribution < -0.4 is 14.9 Å². The van der Waals surface area contributed by atoms with Crippen molar-refractivity contribution in [1.82, 2.24) is 4.98 Å². The van der Waals surface area contributed by atoms with E-state index in [1.807, 2.05) is 12.1 Å². The zero-order valence-corrected chi connectivity index (χ0v) is 15.9. The van der Waals surface area contributed by atoms with Crippen molar-refractivity contribution in [3.05, 3.63) is 54.2 Å². The zero-order chi connectivity index (χ0) is 19.3. The molecule has 8 heteroatoms. The summed E-state index contributed by atoms with van der Waals surface area (Å²) in [5.74, 6) is 0.674. The van der Waals surface area contributed by atoms with Gasteiger partial charge in [0.2, 0.25) is 15.9 Å². The molecule has 2 aromatic rings. The lowest BCUT2D eigenvalue weighted by Gasteiger charge is -2.16. The first-order valence-corrected chi connectivity index (χ1v) is 10.6. The van der Waals surface area contributed by atoms with E-state index in [1.165, 1.54) is 18.9 Å². The van der Waals surface area contributed by atoms with Gasteiger partial charge in [0.25, 0.3) is 0 Å². The van der Waals surface area contributed by atoms with Crippen molar-refractivity contribution in [2.45, 2.75) is 12.8 Å². The van der Waals surface area contributed by atoms with Crippen LogP contribution in [0.1, 0.15) is 18.4 Å². The molecular formula is C19H22N4O3S. The van der Waals surface area contributed by atoms with Gasteiger partial charge in [0.15, 0.2) is 0 Å². The Kier molecular flexibility index (Phi) is 5.75. The minimum Gasteiger partial charge on any atom is -0.357 e. The average molecular weight is 386 g/mol. The lowest BCUT2D eigenvalue weighted by molar-refractivity contribution is -0.111. The van der Waals surface area contributed by atoms with Crippen LogP contribution in [0.3, 0.4) is 0 Å². The summed E-state index contributed by atoms with van der Waals surface area (Å²) in [7, 11) is -3.30. The molecule has 1 amide bonds. The monoisotopic (exact) mass is 386 g/mol. The van der Waals surface area contributed by atoms with Crippen molar-refractivity contribution in [2.75, 3.05) is 34.3 Å². The van der Waals surface area contributed by atoms with Crippen LogP contribution in [-0.2, 0) is 14.8 Å². The van der Waals surface area contributed by atoms with Crippen molar-refractivity contribution in [3.8, 4) is 0 Å². The summed E-state index contributed by atoms with van der Waals surface area (Å²) in [6, 6.07) is 10.5. The summed E-state index contributed by atoms with van der Waals surface area (Å²) < 4.78 is 24.8. The summed E-state index contributed by atoms with van der Waals surface area (Å²) in [6.45, 7) is 2.06. The van der Waals surface area contributed by atoms with Gasteiger partial charge in [-0.15, -0.1) is 0 Å². The normalized spacial score (nSPS) is 14.5. The van der Waals surface area contributed by atoms with Crippen LogP contribution in [0.15, 0.2) is 48.7 Å². The number of sulfonamides is 1. The number of pyridine rings is 1. The van der Waals surface area contributed by atoms with Gasteiger partial charge in [-0.1, -0.05) is 12.1 Å². The number of hydrogen-bond acceptors (Lipinski definition) is 5. The minimum atomic E-state index is -3.30. The van der Waals surface area contributed by atoms with Gasteiger partial charge < -0.3 is 10.2 Å². The Morgan fingerprint density at radius 2 is 1.74 bits per heavy atom. The van der Waals surface area contributed by atoms with E-state index in [9.17, 15) is 13.2 Å². The molecule has 0 bridgehead atoms. The van der Waals surface area contributed by atoms with Gasteiger partial charge in [-0.3, -0.25) is 9.52 Å². The summed E-state index contributed by atoms with van der Waals surface area (Å²) in [5, 5.41) is 2.77. The molecule has 1 aliphatic heterocycles. The number of nitrogens with zero attached hydrogens (tertiary/aromatic N) is 2. The Hall–Kier alpha value is -2.87. The summed E-state index contributed by atoms with van der Waals surface area (Å²) in [5.41, 5.74) is 1.90. The van der Waals surface area contributed by atoms with Crippen molar-refractivity contribution >= 4 is 39.2 Å². The third kappa shape index (κ3) is 5.82. The Bertz CT molecular complexity index is 916. The van der Waals surface area contributed by atoms with E-state index >= 15 is 0 Å². The first-order valence-electron chi connectivity index (χ1n) is 8.67. The highest BCUT2D eigenvalue weighted by molar-refractivity contribution is 7.92. The van der Waals surface area contributed by atoms with Crippen molar-refractivity contribution in [2.24, 2.45) is 0 Å². The Balaban J connectivity index is 1.55. The fraction of sp³-hybridized carbons (Fsp3) is 0.263. The van der Waals surface area contributed by atoms with Gasteiger partial charge in [-0.2, -0.15) is 0 Å². The molecule has 0 aliphatic carbocycles. The van der Waals surface area contributed by atoms with Gasteiger partial charge in [0, 0.05) is 24.9 Å². The van der Waals surface area contributed by atoms with Crippen molar-refractivity contribution < 1.29 is 13.2 Å².